The number of methoxy groups -OCH3 is 1. The van der Waals surface area contributed by atoms with Crippen LogP contribution < -0.4 is 4.74 Å². The summed E-state index contributed by atoms with van der Waals surface area (Å²) in [6.45, 7) is 7.78. The van der Waals surface area contributed by atoms with E-state index >= 15 is 0 Å². The van der Waals surface area contributed by atoms with Crippen molar-refractivity contribution in [3.05, 3.63) is 54.6 Å². The minimum atomic E-state index is 0.443. The van der Waals surface area contributed by atoms with Crippen LogP contribution >= 0.6 is 0 Å². The molecule has 1 aromatic rings. The average Bonchev–Trinajstić information content (AvgIpc) is 2.65. The van der Waals surface area contributed by atoms with E-state index < -0.39 is 0 Å². The topological polar surface area (TPSA) is 9.23 Å². The van der Waals surface area contributed by atoms with E-state index in [0.29, 0.717) is 11.8 Å². The van der Waals surface area contributed by atoms with Gasteiger partial charge in [0.25, 0.3) is 0 Å². The highest BCUT2D eigenvalue weighted by molar-refractivity contribution is 5.46. The van der Waals surface area contributed by atoms with Gasteiger partial charge in [0.2, 0.25) is 0 Å². The molecule has 2 atom stereocenters. The summed E-state index contributed by atoms with van der Waals surface area (Å²) in [6.07, 6.45) is 5.13. The fourth-order valence-corrected chi connectivity index (χ4v) is 2.31. The molecule has 0 saturated carbocycles. The van der Waals surface area contributed by atoms with Crippen LogP contribution in [0.5, 0.6) is 5.75 Å². The van der Waals surface area contributed by atoms with Crippen molar-refractivity contribution >= 4 is 0 Å². The molecule has 2 unspecified atom stereocenters. The fraction of sp³-hybridized carbons (Fsp3) is 0.286. The van der Waals surface area contributed by atoms with Crippen LogP contribution in [0.4, 0.5) is 0 Å². The third kappa shape index (κ3) is 1.58. The van der Waals surface area contributed by atoms with Gasteiger partial charge in [0.15, 0.2) is 0 Å². The molecule has 78 valence electrons. The van der Waals surface area contributed by atoms with E-state index in [-0.39, 0.29) is 0 Å². The van der Waals surface area contributed by atoms with Crippen molar-refractivity contribution in [2.24, 2.45) is 0 Å². The van der Waals surface area contributed by atoms with E-state index in [1.165, 1.54) is 11.1 Å². The summed E-state index contributed by atoms with van der Waals surface area (Å²) in [5.74, 6) is 1.83. The predicted octanol–water partition coefficient (Wildman–Crippen LogP) is 3.64. The largest absolute Gasteiger partial charge is 0.497 e. The number of rotatable bonds is 3. The molecule has 1 aromatic carbocycles. The van der Waals surface area contributed by atoms with Gasteiger partial charge in [-0.3, -0.25) is 0 Å². The highest BCUT2D eigenvalue weighted by Crippen LogP contribution is 2.44. The summed E-state index contributed by atoms with van der Waals surface area (Å²) < 4.78 is 5.24. The normalized spacial score (nSPS) is 23.3. The number of hydrogen-bond acceptors (Lipinski definition) is 1. The van der Waals surface area contributed by atoms with E-state index in [1.807, 2.05) is 18.2 Å². The molecule has 0 fully saturated rings. The van der Waals surface area contributed by atoms with Crippen molar-refractivity contribution in [2.75, 3.05) is 7.11 Å². The Bertz CT molecular complexity index is 392. The Morgan fingerprint density at radius 2 is 1.87 bits per heavy atom. The molecule has 15 heavy (non-hydrogen) atoms. The van der Waals surface area contributed by atoms with E-state index in [9.17, 15) is 0 Å². The molecule has 0 bridgehead atoms. The zero-order valence-corrected chi connectivity index (χ0v) is 9.07. The second kappa shape index (κ2) is 3.93. The number of fused-ring (bicyclic) bond motifs is 1. The molecule has 0 heterocycles. The van der Waals surface area contributed by atoms with Gasteiger partial charge < -0.3 is 4.74 Å². The number of benzene rings is 1. The lowest BCUT2D eigenvalue weighted by Crippen LogP contribution is -1.90. The summed E-state index contributed by atoms with van der Waals surface area (Å²) in [5.41, 5.74) is 2.71. The van der Waals surface area contributed by atoms with Crippen LogP contribution in [0.3, 0.4) is 0 Å². The Morgan fingerprint density at radius 3 is 2.47 bits per heavy atom. The van der Waals surface area contributed by atoms with Crippen LogP contribution in [-0.2, 0) is 0 Å². The molecule has 0 aliphatic heterocycles. The summed E-state index contributed by atoms with van der Waals surface area (Å²) in [6, 6.07) is 6.27. The van der Waals surface area contributed by atoms with Gasteiger partial charge in [-0.25, -0.2) is 0 Å². The van der Waals surface area contributed by atoms with Crippen molar-refractivity contribution < 1.29 is 4.74 Å². The maximum absolute atomic E-state index is 5.24. The number of allylic oxidation sites excluding steroid dienone is 2. The summed E-state index contributed by atoms with van der Waals surface area (Å²) in [5, 5.41) is 0. The molecule has 0 aromatic heterocycles. The SMILES string of the molecule is C=CC1CC(C=C)c2cc(OC)ccc21. The van der Waals surface area contributed by atoms with Gasteiger partial charge in [-0.05, 0) is 29.7 Å². The lowest BCUT2D eigenvalue weighted by molar-refractivity contribution is 0.414. The Labute approximate surface area is 91.1 Å². The Kier molecular flexibility index (Phi) is 2.63. The van der Waals surface area contributed by atoms with Gasteiger partial charge in [0, 0.05) is 11.8 Å². The molecule has 0 saturated heterocycles. The van der Waals surface area contributed by atoms with Gasteiger partial charge in [0.1, 0.15) is 5.75 Å². The van der Waals surface area contributed by atoms with E-state index in [1.54, 1.807) is 7.11 Å². The standard InChI is InChI=1S/C14H16O/c1-4-10-8-11(5-2)14-9-12(15-3)6-7-13(10)14/h4-7,9-11H,1-2,8H2,3H3. The lowest BCUT2D eigenvalue weighted by Gasteiger charge is -2.07. The third-order valence-electron chi connectivity index (χ3n) is 3.17. The smallest absolute Gasteiger partial charge is 0.119 e. The van der Waals surface area contributed by atoms with Crippen molar-refractivity contribution in [1.29, 1.82) is 0 Å². The maximum Gasteiger partial charge on any atom is 0.119 e. The Hall–Kier alpha value is -1.50. The molecule has 1 heteroatoms. The third-order valence-corrected chi connectivity index (χ3v) is 3.17. The Balaban J connectivity index is 2.48. The van der Waals surface area contributed by atoms with Gasteiger partial charge in [-0.2, -0.15) is 0 Å². The van der Waals surface area contributed by atoms with Crippen LogP contribution in [0.15, 0.2) is 43.5 Å². The highest BCUT2D eigenvalue weighted by Gasteiger charge is 2.27. The monoisotopic (exact) mass is 200 g/mol. The van der Waals surface area contributed by atoms with Crippen molar-refractivity contribution in [3.8, 4) is 5.75 Å². The van der Waals surface area contributed by atoms with Crippen molar-refractivity contribution in [1.82, 2.24) is 0 Å². The van der Waals surface area contributed by atoms with E-state index in [2.05, 4.69) is 25.3 Å². The molecule has 1 aliphatic carbocycles. The predicted molar refractivity (Wildman–Crippen MR) is 63.5 cm³/mol. The zero-order valence-electron chi connectivity index (χ0n) is 9.07. The lowest BCUT2D eigenvalue weighted by atomic mass is 10.0. The van der Waals surface area contributed by atoms with Crippen LogP contribution in [0, 0.1) is 0 Å². The molecule has 1 nitrogen and oxygen atoms in total. The van der Waals surface area contributed by atoms with Crippen molar-refractivity contribution in [3.63, 3.8) is 0 Å². The molecule has 0 radical (unpaired) electrons. The summed E-state index contributed by atoms with van der Waals surface area (Å²) in [4.78, 5) is 0. The first-order valence-corrected chi connectivity index (χ1v) is 5.23. The van der Waals surface area contributed by atoms with Crippen LogP contribution in [-0.4, -0.2) is 7.11 Å². The second-order valence-electron chi connectivity index (χ2n) is 3.91. The first kappa shape index (κ1) is 10.0. The molecule has 2 rings (SSSR count). The molecule has 0 N–H and O–H groups in total. The van der Waals surface area contributed by atoms with E-state index in [4.69, 9.17) is 4.74 Å². The first-order chi connectivity index (χ1) is 7.30. The second-order valence-corrected chi connectivity index (χ2v) is 3.91. The number of ether oxygens (including phenoxy) is 1. The van der Waals surface area contributed by atoms with Crippen LogP contribution in [0.2, 0.25) is 0 Å². The molecule has 1 aliphatic rings. The Morgan fingerprint density at radius 1 is 1.20 bits per heavy atom. The van der Waals surface area contributed by atoms with Crippen LogP contribution in [0.1, 0.15) is 29.4 Å². The van der Waals surface area contributed by atoms with Crippen LogP contribution in [0.25, 0.3) is 0 Å². The van der Waals surface area contributed by atoms with Gasteiger partial charge in [-0.1, -0.05) is 18.2 Å². The first-order valence-electron chi connectivity index (χ1n) is 5.23. The molecular formula is C14H16O. The quantitative estimate of drug-likeness (QED) is 0.677. The zero-order chi connectivity index (χ0) is 10.8. The van der Waals surface area contributed by atoms with Gasteiger partial charge >= 0.3 is 0 Å². The molecular weight excluding hydrogens is 184 g/mol. The molecule has 0 amide bonds. The van der Waals surface area contributed by atoms with Gasteiger partial charge in [0.05, 0.1) is 7.11 Å². The summed E-state index contributed by atoms with van der Waals surface area (Å²) in [7, 11) is 1.70. The summed E-state index contributed by atoms with van der Waals surface area (Å²) >= 11 is 0. The van der Waals surface area contributed by atoms with E-state index in [0.717, 1.165) is 12.2 Å². The maximum atomic E-state index is 5.24. The fourth-order valence-electron chi connectivity index (χ4n) is 2.31. The molecule has 0 spiro atoms. The average molecular weight is 200 g/mol. The number of hydrogen-bond donors (Lipinski definition) is 0. The minimum absolute atomic E-state index is 0.443. The minimum Gasteiger partial charge on any atom is -0.497 e. The van der Waals surface area contributed by atoms with Gasteiger partial charge in [-0.15, -0.1) is 13.2 Å². The van der Waals surface area contributed by atoms with Crippen molar-refractivity contribution in [2.45, 2.75) is 18.3 Å². The highest BCUT2D eigenvalue weighted by atomic mass is 16.5.